The van der Waals surface area contributed by atoms with Crippen LogP contribution in [0.2, 0.25) is 0 Å². The average Bonchev–Trinajstić information content (AvgIpc) is 2.85. The molecule has 2 rings (SSSR count). The van der Waals surface area contributed by atoms with Gasteiger partial charge in [-0.1, -0.05) is 16.6 Å². The van der Waals surface area contributed by atoms with E-state index in [-0.39, 0.29) is 11.9 Å². The maximum absolute atomic E-state index is 13.4. The van der Waals surface area contributed by atoms with Gasteiger partial charge in [0.1, 0.15) is 5.82 Å². The second-order valence-corrected chi connectivity index (χ2v) is 5.07. The largest absolute Gasteiger partial charge is 0.271 e. The van der Waals surface area contributed by atoms with Crippen LogP contribution in [0.5, 0.6) is 0 Å². The third kappa shape index (κ3) is 2.86. The molecular formula is C10H10BrFN4S. The molecule has 1 aromatic carbocycles. The fourth-order valence-electron chi connectivity index (χ4n) is 1.50. The van der Waals surface area contributed by atoms with Crippen molar-refractivity contribution < 1.29 is 4.39 Å². The summed E-state index contributed by atoms with van der Waals surface area (Å²) < 4.78 is 17.6. The lowest BCUT2D eigenvalue weighted by atomic mass is 10.1. The third-order valence-corrected chi connectivity index (χ3v) is 4.04. The van der Waals surface area contributed by atoms with Crippen LogP contribution in [0, 0.1) is 5.82 Å². The molecule has 90 valence electrons. The summed E-state index contributed by atoms with van der Waals surface area (Å²) in [5, 5.41) is 3.76. The molecule has 0 aliphatic heterocycles. The second kappa shape index (κ2) is 5.63. The van der Waals surface area contributed by atoms with E-state index in [0.717, 1.165) is 10.4 Å². The van der Waals surface area contributed by atoms with E-state index in [1.54, 1.807) is 12.3 Å². The SMILES string of the molecule is NNC(Cc1cccc(F)c1Br)c1cnns1. The number of nitrogens with two attached hydrogens (primary N) is 1. The van der Waals surface area contributed by atoms with E-state index in [1.807, 2.05) is 6.07 Å². The van der Waals surface area contributed by atoms with Crippen LogP contribution in [0.4, 0.5) is 4.39 Å². The number of aromatic nitrogens is 2. The highest BCUT2D eigenvalue weighted by Gasteiger charge is 2.15. The van der Waals surface area contributed by atoms with Gasteiger partial charge in [-0.3, -0.25) is 11.3 Å². The quantitative estimate of drug-likeness (QED) is 0.670. The molecule has 0 saturated carbocycles. The molecule has 1 unspecified atom stereocenters. The molecule has 0 aliphatic carbocycles. The van der Waals surface area contributed by atoms with Gasteiger partial charge in [0.15, 0.2) is 0 Å². The van der Waals surface area contributed by atoms with Gasteiger partial charge in [-0.05, 0) is 45.5 Å². The first-order chi connectivity index (χ1) is 8.22. The predicted octanol–water partition coefficient (Wildman–Crippen LogP) is 2.19. The van der Waals surface area contributed by atoms with Crippen LogP contribution in [0.25, 0.3) is 0 Å². The Labute approximate surface area is 110 Å². The van der Waals surface area contributed by atoms with E-state index < -0.39 is 0 Å². The van der Waals surface area contributed by atoms with Crippen molar-refractivity contribution in [2.45, 2.75) is 12.5 Å². The van der Waals surface area contributed by atoms with Crippen LogP contribution in [0.15, 0.2) is 28.9 Å². The molecule has 1 aromatic heterocycles. The molecule has 0 fully saturated rings. The van der Waals surface area contributed by atoms with Gasteiger partial charge in [0.2, 0.25) is 0 Å². The molecule has 0 saturated heterocycles. The fraction of sp³-hybridized carbons (Fsp3) is 0.200. The summed E-state index contributed by atoms with van der Waals surface area (Å²) in [6, 6.07) is 4.82. The van der Waals surface area contributed by atoms with Crippen LogP contribution in [-0.4, -0.2) is 9.59 Å². The standard InChI is InChI=1S/C10H10BrFN4S/c11-10-6(2-1-3-7(10)12)4-8(15-13)9-5-14-16-17-9/h1-3,5,8,15H,4,13H2. The number of halogens is 2. The first kappa shape index (κ1) is 12.6. The van der Waals surface area contributed by atoms with Crippen molar-refractivity contribution in [3.63, 3.8) is 0 Å². The zero-order valence-electron chi connectivity index (χ0n) is 8.73. The molecule has 3 N–H and O–H groups in total. The molecule has 1 heterocycles. The predicted molar refractivity (Wildman–Crippen MR) is 67.8 cm³/mol. The maximum Gasteiger partial charge on any atom is 0.137 e. The summed E-state index contributed by atoms with van der Waals surface area (Å²) in [7, 11) is 0. The lowest BCUT2D eigenvalue weighted by molar-refractivity contribution is 0.553. The van der Waals surface area contributed by atoms with Gasteiger partial charge in [0, 0.05) is 0 Å². The van der Waals surface area contributed by atoms with Crippen molar-refractivity contribution in [3.8, 4) is 0 Å². The summed E-state index contributed by atoms with van der Waals surface area (Å²) in [6.45, 7) is 0. The van der Waals surface area contributed by atoms with Gasteiger partial charge < -0.3 is 0 Å². The van der Waals surface area contributed by atoms with E-state index in [0.29, 0.717) is 10.9 Å². The highest BCUT2D eigenvalue weighted by molar-refractivity contribution is 9.10. The highest BCUT2D eigenvalue weighted by Crippen LogP contribution is 2.26. The van der Waals surface area contributed by atoms with E-state index in [2.05, 4.69) is 30.9 Å². The molecule has 0 bridgehead atoms. The fourth-order valence-corrected chi connectivity index (χ4v) is 2.48. The Balaban J connectivity index is 2.22. The number of hydrazine groups is 1. The third-order valence-electron chi connectivity index (χ3n) is 2.38. The lowest BCUT2D eigenvalue weighted by Crippen LogP contribution is -2.29. The number of nitrogens with one attached hydrogen (secondary N) is 1. The Bertz CT molecular complexity index is 491. The van der Waals surface area contributed by atoms with Gasteiger partial charge in [-0.15, -0.1) is 5.10 Å². The van der Waals surface area contributed by atoms with Crippen LogP contribution >= 0.6 is 27.5 Å². The van der Waals surface area contributed by atoms with E-state index >= 15 is 0 Å². The Morgan fingerprint density at radius 3 is 3.00 bits per heavy atom. The average molecular weight is 317 g/mol. The molecule has 4 nitrogen and oxygen atoms in total. The molecular weight excluding hydrogens is 307 g/mol. The van der Waals surface area contributed by atoms with Crippen molar-refractivity contribution >= 4 is 27.5 Å². The van der Waals surface area contributed by atoms with Crippen molar-refractivity contribution in [3.05, 3.63) is 45.1 Å². The molecule has 0 aliphatic rings. The first-order valence-corrected chi connectivity index (χ1v) is 6.45. The summed E-state index contributed by atoms with van der Waals surface area (Å²) in [4.78, 5) is 0.920. The molecule has 0 radical (unpaired) electrons. The first-order valence-electron chi connectivity index (χ1n) is 4.88. The number of hydrogen-bond donors (Lipinski definition) is 2. The van der Waals surface area contributed by atoms with Gasteiger partial charge in [0.05, 0.1) is 21.6 Å². The lowest BCUT2D eigenvalue weighted by Gasteiger charge is -2.14. The maximum atomic E-state index is 13.4. The Kier molecular flexibility index (Phi) is 4.16. The number of hydrogen-bond acceptors (Lipinski definition) is 5. The Morgan fingerprint density at radius 1 is 1.53 bits per heavy atom. The normalized spacial score (nSPS) is 12.6. The second-order valence-electron chi connectivity index (χ2n) is 3.46. The van der Waals surface area contributed by atoms with Gasteiger partial charge in [0.25, 0.3) is 0 Å². The number of nitrogens with zero attached hydrogens (tertiary/aromatic N) is 2. The van der Waals surface area contributed by atoms with Crippen molar-refractivity contribution in [2.75, 3.05) is 0 Å². The molecule has 17 heavy (non-hydrogen) atoms. The van der Waals surface area contributed by atoms with Crippen molar-refractivity contribution in [1.82, 2.24) is 15.0 Å². The summed E-state index contributed by atoms with van der Waals surface area (Å²) in [5.74, 6) is 5.21. The minimum absolute atomic E-state index is 0.118. The molecule has 0 spiro atoms. The highest BCUT2D eigenvalue weighted by atomic mass is 79.9. The molecule has 7 heteroatoms. The molecule has 0 amide bonds. The van der Waals surface area contributed by atoms with E-state index in [1.165, 1.54) is 17.6 Å². The van der Waals surface area contributed by atoms with Crippen LogP contribution in [0.1, 0.15) is 16.5 Å². The number of rotatable bonds is 4. The van der Waals surface area contributed by atoms with Gasteiger partial charge in [-0.2, -0.15) is 0 Å². The summed E-state index contributed by atoms with van der Waals surface area (Å²) in [6.07, 6.45) is 2.22. The molecule has 2 aromatic rings. The van der Waals surface area contributed by atoms with Gasteiger partial charge in [-0.25, -0.2) is 4.39 Å². The Hall–Kier alpha value is -0.890. The molecule has 1 atom stereocenters. The van der Waals surface area contributed by atoms with E-state index in [9.17, 15) is 4.39 Å². The van der Waals surface area contributed by atoms with Gasteiger partial charge >= 0.3 is 0 Å². The van der Waals surface area contributed by atoms with Crippen molar-refractivity contribution in [2.24, 2.45) is 5.84 Å². The number of benzene rings is 1. The summed E-state index contributed by atoms with van der Waals surface area (Å²) in [5.41, 5.74) is 3.54. The minimum Gasteiger partial charge on any atom is -0.271 e. The van der Waals surface area contributed by atoms with Crippen LogP contribution in [-0.2, 0) is 6.42 Å². The zero-order chi connectivity index (χ0) is 12.3. The van der Waals surface area contributed by atoms with E-state index in [4.69, 9.17) is 5.84 Å². The summed E-state index contributed by atoms with van der Waals surface area (Å²) >= 11 is 4.50. The topological polar surface area (TPSA) is 63.8 Å². The van der Waals surface area contributed by atoms with Crippen molar-refractivity contribution in [1.29, 1.82) is 0 Å². The van der Waals surface area contributed by atoms with Crippen LogP contribution in [0.3, 0.4) is 0 Å². The monoisotopic (exact) mass is 316 g/mol. The smallest absolute Gasteiger partial charge is 0.137 e. The zero-order valence-corrected chi connectivity index (χ0v) is 11.1. The minimum atomic E-state index is -0.277. The van der Waals surface area contributed by atoms with Crippen LogP contribution < -0.4 is 11.3 Å². The Morgan fingerprint density at radius 2 is 2.35 bits per heavy atom.